The van der Waals surface area contributed by atoms with E-state index in [1.165, 1.54) is 5.56 Å². The van der Waals surface area contributed by atoms with E-state index in [0.29, 0.717) is 12.3 Å². The second-order valence-electron chi connectivity index (χ2n) is 7.03. The van der Waals surface area contributed by atoms with E-state index in [1.54, 1.807) is 11.8 Å². The van der Waals surface area contributed by atoms with Crippen molar-refractivity contribution in [2.45, 2.75) is 37.0 Å². The van der Waals surface area contributed by atoms with Crippen LogP contribution < -0.4 is 11.1 Å². The monoisotopic (exact) mass is 357 g/mol. The first-order valence-corrected chi connectivity index (χ1v) is 9.91. The molecule has 0 aromatic heterocycles. The van der Waals surface area contributed by atoms with Crippen molar-refractivity contribution < 1.29 is 9.59 Å². The molecule has 0 saturated carbocycles. The summed E-state index contributed by atoms with van der Waals surface area (Å²) in [4.78, 5) is 27.4. The van der Waals surface area contributed by atoms with E-state index >= 15 is 0 Å². The number of carbonyl (C=O) groups excluding carboxylic acids is 2. The van der Waals surface area contributed by atoms with E-state index in [2.05, 4.69) is 11.4 Å². The normalized spacial score (nSPS) is 25.1. The fraction of sp³-hybridized carbons (Fsp3) is 0.474. The number of rotatable bonds is 4. The van der Waals surface area contributed by atoms with Crippen LogP contribution in [0.1, 0.15) is 30.4 Å². The molecule has 2 atom stereocenters. The van der Waals surface area contributed by atoms with Gasteiger partial charge in [-0.2, -0.15) is 0 Å². The number of hydrogen-bond acceptors (Lipinski definition) is 5. The molecule has 4 rings (SSSR count). The van der Waals surface area contributed by atoms with E-state index in [4.69, 9.17) is 5.73 Å². The molecule has 1 aromatic carbocycles. The average molecular weight is 357 g/mol. The first kappa shape index (κ1) is 16.7. The molecule has 2 aliphatic heterocycles. The summed E-state index contributed by atoms with van der Waals surface area (Å²) in [7, 11) is 0. The van der Waals surface area contributed by atoms with Crippen LogP contribution >= 0.6 is 11.8 Å². The fourth-order valence-corrected chi connectivity index (χ4v) is 5.05. The third-order valence-electron chi connectivity index (χ3n) is 5.22. The van der Waals surface area contributed by atoms with E-state index in [1.807, 2.05) is 23.1 Å². The van der Waals surface area contributed by atoms with Crippen LogP contribution in [0.4, 0.5) is 5.69 Å². The van der Waals surface area contributed by atoms with Crippen molar-refractivity contribution in [2.75, 3.05) is 24.7 Å². The van der Waals surface area contributed by atoms with Gasteiger partial charge in [-0.3, -0.25) is 14.9 Å². The Hall–Kier alpha value is -1.79. The molecule has 0 spiro atoms. The number of ketones is 1. The standard InChI is InChI=1S/C19H23N3O2S/c20-15-4-3-13-7-12(8-14(13)10-15)9-16(23)18-17(21-11-25-18)19(24)22-5-1-2-6-22/h3-4,8,10,17-18,21H,1-2,5-7,9,11,20H2/t17-,18?/m0/s1. The third kappa shape index (κ3) is 3.33. The van der Waals surface area contributed by atoms with E-state index < -0.39 is 0 Å². The first-order chi connectivity index (χ1) is 12.1. The van der Waals surface area contributed by atoms with Crippen molar-refractivity contribution in [1.29, 1.82) is 0 Å². The van der Waals surface area contributed by atoms with Gasteiger partial charge in [0.1, 0.15) is 6.04 Å². The van der Waals surface area contributed by atoms with E-state index in [-0.39, 0.29) is 23.0 Å². The highest BCUT2D eigenvalue weighted by Gasteiger charge is 2.40. The molecule has 6 heteroatoms. The maximum absolute atomic E-state index is 12.9. The zero-order valence-corrected chi connectivity index (χ0v) is 15.0. The van der Waals surface area contributed by atoms with Crippen molar-refractivity contribution in [3.05, 3.63) is 34.9 Å². The lowest BCUT2D eigenvalue weighted by Crippen LogP contribution is -2.49. The number of fused-ring (bicyclic) bond motifs is 1. The van der Waals surface area contributed by atoms with Crippen LogP contribution in [-0.2, 0) is 16.0 Å². The molecule has 1 aromatic rings. The number of nitrogens with two attached hydrogens (primary N) is 1. The van der Waals surface area contributed by atoms with Gasteiger partial charge < -0.3 is 10.6 Å². The molecule has 0 bridgehead atoms. The lowest BCUT2D eigenvalue weighted by Gasteiger charge is -2.23. The lowest BCUT2D eigenvalue weighted by molar-refractivity contribution is -0.134. The molecular formula is C19H23N3O2S. The van der Waals surface area contributed by atoms with Gasteiger partial charge >= 0.3 is 0 Å². The maximum Gasteiger partial charge on any atom is 0.241 e. The number of nitrogens with zero attached hydrogens (tertiary/aromatic N) is 1. The minimum absolute atomic E-state index is 0.0947. The third-order valence-corrected chi connectivity index (χ3v) is 6.45. The van der Waals surface area contributed by atoms with Crippen LogP contribution in [0, 0.1) is 0 Å². The van der Waals surface area contributed by atoms with Gasteiger partial charge in [0.05, 0.1) is 5.25 Å². The molecule has 2 saturated heterocycles. The summed E-state index contributed by atoms with van der Waals surface area (Å²) in [5, 5.41) is 2.95. The Bertz CT molecular complexity index is 740. The van der Waals surface area contributed by atoms with Crippen molar-refractivity contribution in [2.24, 2.45) is 0 Å². The number of Topliss-reactive ketones (excluding diaryl/α,β-unsaturated/α-hetero) is 1. The quantitative estimate of drug-likeness (QED) is 0.804. The molecule has 3 N–H and O–H groups in total. The Morgan fingerprint density at radius 3 is 2.88 bits per heavy atom. The Kier molecular flexibility index (Phi) is 4.56. The predicted octanol–water partition coefficient (Wildman–Crippen LogP) is 1.82. The van der Waals surface area contributed by atoms with Crippen LogP contribution in [0.5, 0.6) is 0 Å². The maximum atomic E-state index is 12.9. The molecule has 2 heterocycles. The Morgan fingerprint density at radius 2 is 2.08 bits per heavy atom. The van der Waals surface area contributed by atoms with Crippen molar-refractivity contribution in [3.8, 4) is 0 Å². The number of thioether (sulfide) groups is 1. The molecule has 132 valence electrons. The molecule has 0 radical (unpaired) electrons. The summed E-state index contributed by atoms with van der Waals surface area (Å²) in [6, 6.07) is 5.53. The van der Waals surface area contributed by atoms with E-state index in [0.717, 1.165) is 49.2 Å². The van der Waals surface area contributed by atoms with Gasteiger partial charge in [-0.05, 0) is 42.5 Å². The molecule has 2 fully saturated rings. The van der Waals surface area contributed by atoms with Crippen LogP contribution in [-0.4, -0.2) is 46.8 Å². The number of carbonyl (C=O) groups is 2. The smallest absolute Gasteiger partial charge is 0.241 e. The average Bonchev–Trinajstić information content (AvgIpc) is 3.33. The Morgan fingerprint density at radius 1 is 1.28 bits per heavy atom. The number of nitrogens with one attached hydrogen (secondary N) is 1. The fourth-order valence-electron chi connectivity index (χ4n) is 3.92. The SMILES string of the molecule is Nc1ccc2c(c1)C=C(CC(=O)C1SCN[C@@H]1C(=O)N1CCCC1)C2. The zero-order valence-electron chi connectivity index (χ0n) is 14.2. The number of hydrogen-bond donors (Lipinski definition) is 2. The summed E-state index contributed by atoms with van der Waals surface area (Å²) in [6.45, 7) is 1.65. The van der Waals surface area contributed by atoms with Gasteiger partial charge in [-0.25, -0.2) is 0 Å². The summed E-state index contributed by atoms with van der Waals surface area (Å²) in [6.07, 6.45) is 5.43. The first-order valence-electron chi connectivity index (χ1n) is 8.86. The summed E-state index contributed by atoms with van der Waals surface area (Å²) >= 11 is 1.56. The lowest BCUT2D eigenvalue weighted by atomic mass is 10.0. The van der Waals surface area contributed by atoms with Gasteiger partial charge in [0.2, 0.25) is 5.91 Å². The zero-order chi connectivity index (χ0) is 17.4. The van der Waals surface area contributed by atoms with Gasteiger partial charge in [0, 0.05) is 31.1 Å². The second-order valence-corrected chi connectivity index (χ2v) is 8.16. The van der Waals surface area contributed by atoms with Crippen molar-refractivity contribution >= 4 is 35.2 Å². The topological polar surface area (TPSA) is 75.4 Å². The van der Waals surface area contributed by atoms with Gasteiger partial charge in [0.15, 0.2) is 5.78 Å². The molecule has 1 unspecified atom stereocenters. The number of benzene rings is 1. The number of allylic oxidation sites excluding steroid dienone is 1. The molecule has 1 aliphatic carbocycles. The highest BCUT2D eigenvalue weighted by atomic mass is 32.2. The number of anilines is 1. The van der Waals surface area contributed by atoms with Crippen LogP contribution in [0.3, 0.4) is 0 Å². The largest absolute Gasteiger partial charge is 0.399 e. The Labute approximate surface area is 152 Å². The van der Waals surface area contributed by atoms with Gasteiger partial charge in [-0.15, -0.1) is 11.8 Å². The summed E-state index contributed by atoms with van der Waals surface area (Å²) in [5.74, 6) is 0.910. The number of likely N-dealkylation sites (tertiary alicyclic amines) is 1. The summed E-state index contributed by atoms with van der Waals surface area (Å²) < 4.78 is 0. The minimum atomic E-state index is -0.365. The van der Waals surface area contributed by atoms with Gasteiger partial charge in [-0.1, -0.05) is 17.7 Å². The summed E-state index contributed by atoms with van der Waals surface area (Å²) in [5.41, 5.74) is 10.0. The van der Waals surface area contributed by atoms with Crippen LogP contribution in [0.2, 0.25) is 0 Å². The minimum Gasteiger partial charge on any atom is -0.399 e. The number of nitrogen functional groups attached to an aromatic ring is 1. The van der Waals surface area contributed by atoms with Crippen molar-refractivity contribution in [3.63, 3.8) is 0 Å². The van der Waals surface area contributed by atoms with Gasteiger partial charge in [0.25, 0.3) is 0 Å². The van der Waals surface area contributed by atoms with Crippen LogP contribution in [0.15, 0.2) is 23.8 Å². The van der Waals surface area contributed by atoms with Crippen molar-refractivity contribution in [1.82, 2.24) is 10.2 Å². The Balaban J connectivity index is 1.42. The molecule has 3 aliphatic rings. The molecule has 5 nitrogen and oxygen atoms in total. The predicted molar refractivity (Wildman–Crippen MR) is 101 cm³/mol. The molecule has 1 amide bonds. The molecule has 25 heavy (non-hydrogen) atoms. The van der Waals surface area contributed by atoms with Crippen LogP contribution in [0.25, 0.3) is 6.08 Å². The highest BCUT2D eigenvalue weighted by molar-refractivity contribution is 8.00. The second kappa shape index (κ2) is 6.84. The highest BCUT2D eigenvalue weighted by Crippen LogP contribution is 2.31. The van der Waals surface area contributed by atoms with E-state index in [9.17, 15) is 9.59 Å². The molecular weight excluding hydrogens is 334 g/mol. The number of amides is 1.